The number of rotatable bonds is 4. The van der Waals surface area contributed by atoms with Crippen molar-refractivity contribution in [2.75, 3.05) is 20.8 Å². The van der Waals surface area contributed by atoms with E-state index < -0.39 is 0 Å². The number of aryl methyl sites for hydroxylation is 1. The molecule has 0 aliphatic heterocycles. The van der Waals surface area contributed by atoms with Crippen LogP contribution in [-0.4, -0.2) is 25.8 Å². The van der Waals surface area contributed by atoms with Gasteiger partial charge in [0.05, 0.1) is 13.7 Å². The van der Waals surface area contributed by atoms with Crippen LogP contribution in [0.15, 0.2) is 18.2 Å². The molecule has 0 radical (unpaired) electrons. The molecule has 16 heavy (non-hydrogen) atoms. The number of benzene rings is 1. The third-order valence-electron chi connectivity index (χ3n) is 2.88. The molecule has 0 aliphatic carbocycles. The lowest BCUT2D eigenvalue weighted by Gasteiger charge is -2.02. The number of H-pyrrole nitrogens is 1. The second kappa shape index (κ2) is 4.58. The van der Waals surface area contributed by atoms with Gasteiger partial charge in [-0.05, 0) is 37.1 Å². The van der Waals surface area contributed by atoms with Crippen LogP contribution in [-0.2, 0) is 11.2 Å². The number of ether oxygens (including phenoxy) is 2. The van der Waals surface area contributed by atoms with E-state index in [0.717, 1.165) is 24.3 Å². The summed E-state index contributed by atoms with van der Waals surface area (Å²) in [6.45, 7) is 2.84. The first kappa shape index (κ1) is 11.0. The predicted molar refractivity (Wildman–Crippen MR) is 65.2 cm³/mol. The van der Waals surface area contributed by atoms with Gasteiger partial charge in [0.2, 0.25) is 0 Å². The molecule has 1 N–H and O–H groups in total. The molecule has 2 aromatic rings. The van der Waals surface area contributed by atoms with E-state index in [0.29, 0.717) is 0 Å². The van der Waals surface area contributed by atoms with E-state index in [-0.39, 0.29) is 0 Å². The standard InChI is InChI=1S/C13H17NO2/c1-9-11(6-7-15-2)12-8-10(16-3)4-5-13(12)14-9/h4-5,8,14H,6-7H2,1-3H3. The molecule has 0 atom stereocenters. The van der Waals surface area contributed by atoms with E-state index in [4.69, 9.17) is 9.47 Å². The quantitative estimate of drug-likeness (QED) is 0.857. The summed E-state index contributed by atoms with van der Waals surface area (Å²) >= 11 is 0. The molecule has 2 rings (SSSR count). The maximum atomic E-state index is 5.25. The molecule has 86 valence electrons. The number of nitrogens with one attached hydrogen (secondary N) is 1. The lowest BCUT2D eigenvalue weighted by Crippen LogP contribution is -1.95. The Bertz CT molecular complexity index is 488. The van der Waals surface area contributed by atoms with Gasteiger partial charge in [-0.25, -0.2) is 0 Å². The second-order valence-corrected chi connectivity index (χ2v) is 3.88. The number of aromatic amines is 1. The molecule has 0 bridgehead atoms. The zero-order chi connectivity index (χ0) is 11.5. The van der Waals surface area contributed by atoms with Crippen LogP contribution in [0.1, 0.15) is 11.3 Å². The summed E-state index contributed by atoms with van der Waals surface area (Å²) in [6.07, 6.45) is 0.926. The Balaban J connectivity index is 2.48. The Morgan fingerprint density at radius 1 is 1.25 bits per heavy atom. The first-order chi connectivity index (χ1) is 7.76. The normalized spacial score (nSPS) is 10.9. The summed E-state index contributed by atoms with van der Waals surface area (Å²) in [5, 5.41) is 1.23. The van der Waals surface area contributed by atoms with Crippen LogP contribution in [0.3, 0.4) is 0 Å². The van der Waals surface area contributed by atoms with Crippen LogP contribution in [0.5, 0.6) is 5.75 Å². The van der Waals surface area contributed by atoms with Crippen molar-refractivity contribution in [3.63, 3.8) is 0 Å². The Morgan fingerprint density at radius 2 is 2.06 bits per heavy atom. The van der Waals surface area contributed by atoms with Crippen molar-refractivity contribution < 1.29 is 9.47 Å². The van der Waals surface area contributed by atoms with Crippen LogP contribution in [0.25, 0.3) is 10.9 Å². The lowest BCUT2D eigenvalue weighted by atomic mass is 10.1. The van der Waals surface area contributed by atoms with Crippen molar-refractivity contribution in [2.45, 2.75) is 13.3 Å². The summed E-state index contributed by atoms with van der Waals surface area (Å²) in [7, 11) is 3.42. The Labute approximate surface area is 95.4 Å². The van der Waals surface area contributed by atoms with Gasteiger partial charge < -0.3 is 14.5 Å². The molecular formula is C13H17NO2. The molecular weight excluding hydrogens is 202 g/mol. The topological polar surface area (TPSA) is 34.2 Å². The summed E-state index contributed by atoms with van der Waals surface area (Å²) in [4.78, 5) is 3.38. The highest BCUT2D eigenvalue weighted by Gasteiger charge is 2.08. The third kappa shape index (κ3) is 1.91. The average molecular weight is 219 g/mol. The number of fused-ring (bicyclic) bond motifs is 1. The van der Waals surface area contributed by atoms with Gasteiger partial charge in [0.1, 0.15) is 5.75 Å². The second-order valence-electron chi connectivity index (χ2n) is 3.88. The zero-order valence-electron chi connectivity index (χ0n) is 9.96. The molecule has 3 heteroatoms. The van der Waals surface area contributed by atoms with Crippen molar-refractivity contribution in [1.29, 1.82) is 0 Å². The minimum Gasteiger partial charge on any atom is -0.497 e. The summed E-state index contributed by atoms with van der Waals surface area (Å²) in [5.74, 6) is 0.894. The summed E-state index contributed by atoms with van der Waals surface area (Å²) in [5.41, 5.74) is 3.68. The van der Waals surface area contributed by atoms with E-state index in [1.54, 1.807) is 14.2 Å². The van der Waals surface area contributed by atoms with Crippen molar-refractivity contribution in [3.8, 4) is 5.75 Å². The summed E-state index contributed by atoms with van der Waals surface area (Å²) < 4.78 is 10.4. The molecule has 1 aromatic heterocycles. The van der Waals surface area contributed by atoms with Gasteiger partial charge in [-0.1, -0.05) is 0 Å². The maximum Gasteiger partial charge on any atom is 0.119 e. The van der Waals surface area contributed by atoms with Crippen LogP contribution < -0.4 is 4.74 Å². The molecule has 0 saturated heterocycles. The van der Waals surface area contributed by atoms with Gasteiger partial charge >= 0.3 is 0 Å². The highest BCUT2D eigenvalue weighted by atomic mass is 16.5. The van der Waals surface area contributed by atoms with Crippen molar-refractivity contribution >= 4 is 10.9 Å². The zero-order valence-corrected chi connectivity index (χ0v) is 9.96. The van der Waals surface area contributed by atoms with Crippen LogP contribution in [0.2, 0.25) is 0 Å². The smallest absolute Gasteiger partial charge is 0.119 e. The van der Waals surface area contributed by atoms with Crippen LogP contribution in [0.4, 0.5) is 0 Å². The number of methoxy groups -OCH3 is 2. The fraction of sp³-hybridized carbons (Fsp3) is 0.385. The van der Waals surface area contributed by atoms with E-state index in [1.165, 1.54) is 16.6 Å². The molecule has 0 aliphatic rings. The minimum atomic E-state index is 0.741. The van der Waals surface area contributed by atoms with Crippen LogP contribution >= 0.6 is 0 Å². The largest absolute Gasteiger partial charge is 0.497 e. The lowest BCUT2D eigenvalue weighted by molar-refractivity contribution is 0.202. The molecule has 1 heterocycles. The molecule has 0 spiro atoms. The molecule has 1 aromatic carbocycles. The molecule has 0 amide bonds. The van der Waals surface area contributed by atoms with Crippen molar-refractivity contribution in [3.05, 3.63) is 29.5 Å². The van der Waals surface area contributed by atoms with Gasteiger partial charge in [-0.15, -0.1) is 0 Å². The van der Waals surface area contributed by atoms with Gasteiger partial charge in [0.25, 0.3) is 0 Å². The van der Waals surface area contributed by atoms with E-state index in [2.05, 4.69) is 24.0 Å². The first-order valence-corrected chi connectivity index (χ1v) is 5.40. The van der Waals surface area contributed by atoms with E-state index in [1.807, 2.05) is 6.07 Å². The fourth-order valence-electron chi connectivity index (χ4n) is 2.01. The van der Waals surface area contributed by atoms with E-state index >= 15 is 0 Å². The predicted octanol–water partition coefficient (Wildman–Crippen LogP) is 2.67. The highest BCUT2D eigenvalue weighted by Crippen LogP contribution is 2.26. The number of aromatic nitrogens is 1. The van der Waals surface area contributed by atoms with Gasteiger partial charge in [0, 0.05) is 23.7 Å². The number of hydrogen-bond donors (Lipinski definition) is 1. The molecule has 0 saturated carbocycles. The Kier molecular flexibility index (Phi) is 3.15. The Hall–Kier alpha value is -1.48. The SMILES string of the molecule is COCCc1c(C)[nH]c2ccc(OC)cc12. The molecule has 0 fully saturated rings. The van der Waals surface area contributed by atoms with Gasteiger partial charge in [0.15, 0.2) is 0 Å². The fourth-order valence-corrected chi connectivity index (χ4v) is 2.01. The van der Waals surface area contributed by atoms with Gasteiger partial charge in [-0.2, -0.15) is 0 Å². The summed E-state index contributed by atoms with van der Waals surface area (Å²) in [6, 6.07) is 6.10. The minimum absolute atomic E-state index is 0.741. The monoisotopic (exact) mass is 219 g/mol. The molecule has 0 unspecified atom stereocenters. The Morgan fingerprint density at radius 3 is 2.75 bits per heavy atom. The van der Waals surface area contributed by atoms with Gasteiger partial charge in [-0.3, -0.25) is 0 Å². The molecule has 3 nitrogen and oxygen atoms in total. The maximum absolute atomic E-state index is 5.25. The average Bonchev–Trinajstić information content (AvgIpc) is 2.61. The first-order valence-electron chi connectivity index (χ1n) is 5.40. The van der Waals surface area contributed by atoms with Crippen molar-refractivity contribution in [1.82, 2.24) is 4.98 Å². The van der Waals surface area contributed by atoms with Crippen LogP contribution in [0, 0.1) is 6.92 Å². The third-order valence-corrected chi connectivity index (χ3v) is 2.88. The van der Waals surface area contributed by atoms with Crippen molar-refractivity contribution in [2.24, 2.45) is 0 Å². The number of hydrogen-bond acceptors (Lipinski definition) is 2. The van der Waals surface area contributed by atoms with E-state index in [9.17, 15) is 0 Å². The highest BCUT2D eigenvalue weighted by molar-refractivity contribution is 5.86.